The van der Waals surface area contributed by atoms with Gasteiger partial charge in [0, 0.05) is 0 Å². The van der Waals surface area contributed by atoms with Gasteiger partial charge in [0.05, 0.1) is 19.3 Å². The summed E-state index contributed by atoms with van der Waals surface area (Å²) < 4.78 is 12.2. The van der Waals surface area contributed by atoms with E-state index in [-0.39, 0.29) is 12.2 Å². The highest BCUT2D eigenvalue weighted by atomic mass is 16.6. The van der Waals surface area contributed by atoms with Crippen molar-refractivity contribution >= 4 is 0 Å². The lowest BCUT2D eigenvalue weighted by Gasteiger charge is -2.30. The topological polar surface area (TPSA) is 18.5 Å². The molecule has 30 heavy (non-hydrogen) atoms. The molecule has 2 heteroatoms. The van der Waals surface area contributed by atoms with Crippen molar-refractivity contribution in [2.24, 2.45) is 0 Å². The molecule has 1 aliphatic heterocycles. The average Bonchev–Trinajstić information content (AvgIpc) is 2.80. The van der Waals surface area contributed by atoms with Gasteiger partial charge in [0.25, 0.3) is 0 Å². The average molecular weight is 409 g/mol. The van der Waals surface area contributed by atoms with Gasteiger partial charge in [-0.3, -0.25) is 0 Å². The maximum atomic E-state index is 6.14. The Kier molecular flexibility index (Phi) is 9.92. The van der Waals surface area contributed by atoms with Gasteiger partial charge in [-0.25, -0.2) is 0 Å². The van der Waals surface area contributed by atoms with Crippen LogP contribution in [-0.4, -0.2) is 19.3 Å². The third-order valence-corrected chi connectivity index (χ3v) is 6.23. The second-order valence-electron chi connectivity index (χ2n) is 8.76. The number of unbranched alkanes of at least 4 members (excludes halogenated alkanes) is 6. The van der Waals surface area contributed by atoms with Crippen LogP contribution in [0.3, 0.4) is 0 Å². The van der Waals surface area contributed by atoms with E-state index in [2.05, 4.69) is 62.4 Å². The van der Waals surface area contributed by atoms with Crippen molar-refractivity contribution in [2.75, 3.05) is 13.2 Å². The molecule has 0 saturated carbocycles. The molecule has 0 radical (unpaired) electrons. The Morgan fingerprint density at radius 1 is 0.667 bits per heavy atom. The highest BCUT2D eigenvalue weighted by Crippen LogP contribution is 2.28. The summed E-state index contributed by atoms with van der Waals surface area (Å²) in [5.74, 6) is 0. The van der Waals surface area contributed by atoms with Crippen molar-refractivity contribution < 1.29 is 9.47 Å². The lowest BCUT2D eigenvalue weighted by molar-refractivity contribution is -0.137. The van der Waals surface area contributed by atoms with E-state index in [9.17, 15) is 0 Å². The first-order chi connectivity index (χ1) is 14.8. The molecule has 0 unspecified atom stereocenters. The minimum atomic E-state index is 0.0660. The molecule has 1 fully saturated rings. The standard InChI is InChI=1S/C28H40O2/c1-3-5-7-8-10-12-27-21-30-28(22-29-27)26-19-17-25(18-20-26)24-15-13-23(14-16-24)11-9-6-4-2/h13-20,27-28H,3-12,21-22H2,1-2H3/t27-,28-/m0/s1. The molecule has 164 valence electrons. The van der Waals surface area contributed by atoms with E-state index in [1.54, 1.807) is 0 Å². The van der Waals surface area contributed by atoms with Crippen LogP contribution in [-0.2, 0) is 15.9 Å². The highest BCUT2D eigenvalue weighted by Gasteiger charge is 2.23. The van der Waals surface area contributed by atoms with E-state index >= 15 is 0 Å². The number of aryl methyl sites for hydroxylation is 1. The summed E-state index contributed by atoms with van der Waals surface area (Å²) in [7, 11) is 0. The van der Waals surface area contributed by atoms with E-state index in [0.717, 1.165) is 13.0 Å². The molecule has 0 aromatic heterocycles. The SMILES string of the molecule is CCCCCCC[C@H]1CO[C@H](c2ccc(-c3ccc(CCCCC)cc3)cc2)CO1. The molecule has 2 atom stereocenters. The van der Waals surface area contributed by atoms with Crippen molar-refractivity contribution in [2.45, 2.75) is 90.3 Å². The van der Waals surface area contributed by atoms with Gasteiger partial charge in [-0.05, 0) is 41.5 Å². The van der Waals surface area contributed by atoms with Crippen LogP contribution >= 0.6 is 0 Å². The molecule has 3 rings (SSSR count). The molecule has 2 aromatic carbocycles. The highest BCUT2D eigenvalue weighted by molar-refractivity contribution is 5.64. The van der Waals surface area contributed by atoms with E-state index < -0.39 is 0 Å². The summed E-state index contributed by atoms with van der Waals surface area (Å²) in [5, 5.41) is 0. The first-order valence-electron chi connectivity index (χ1n) is 12.2. The molecule has 0 aliphatic carbocycles. The molecule has 1 saturated heterocycles. The fraction of sp³-hybridized carbons (Fsp3) is 0.571. The molecule has 0 amide bonds. The van der Waals surface area contributed by atoms with Crippen LogP contribution in [0.15, 0.2) is 48.5 Å². The Balaban J connectivity index is 1.44. The van der Waals surface area contributed by atoms with Gasteiger partial charge in [-0.2, -0.15) is 0 Å². The minimum absolute atomic E-state index is 0.0660. The number of hydrogen-bond acceptors (Lipinski definition) is 2. The molecule has 2 aromatic rings. The van der Waals surface area contributed by atoms with E-state index in [4.69, 9.17) is 9.47 Å². The fourth-order valence-corrected chi connectivity index (χ4v) is 4.21. The van der Waals surface area contributed by atoms with E-state index in [1.165, 1.54) is 80.0 Å². The van der Waals surface area contributed by atoms with Crippen LogP contribution < -0.4 is 0 Å². The zero-order valence-corrected chi connectivity index (χ0v) is 19.1. The van der Waals surface area contributed by atoms with Crippen molar-refractivity contribution in [3.05, 3.63) is 59.7 Å². The monoisotopic (exact) mass is 408 g/mol. The second-order valence-corrected chi connectivity index (χ2v) is 8.76. The van der Waals surface area contributed by atoms with Crippen LogP contribution in [0.2, 0.25) is 0 Å². The number of rotatable bonds is 12. The normalized spacial score (nSPS) is 19.1. The van der Waals surface area contributed by atoms with Crippen molar-refractivity contribution in [3.8, 4) is 11.1 Å². The van der Waals surface area contributed by atoms with Gasteiger partial charge >= 0.3 is 0 Å². The molecule has 0 N–H and O–H groups in total. The van der Waals surface area contributed by atoms with Crippen LogP contribution in [0, 0.1) is 0 Å². The summed E-state index contributed by atoms with van der Waals surface area (Å²) in [6.45, 7) is 5.91. The molecule has 1 aliphatic rings. The van der Waals surface area contributed by atoms with Crippen molar-refractivity contribution in [1.29, 1.82) is 0 Å². The Morgan fingerprint density at radius 2 is 1.30 bits per heavy atom. The maximum absolute atomic E-state index is 6.14. The Hall–Kier alpha value is -1.64. The van der Waals surface area contributed by atoms with Crippen LogP contribution in [0.1, 0.15) is 88.9 Å². The molecular formula is C28H40O2. The first-order valence-corrected chi connectivity index (χ1v) is 12.2. The summed E-state index contributed by atoms with van der Waals surface area (Å²) in [6, 6.07) is 17.9. The Morgan fingerprint density at radius 3 is 1.93 bits per heavy atom. The molecule has 1 heterocycles. The second kappa shape index (κ2) is 12.9. The lowest BCUT2D eigenvalue weighted by Crippen LogP contribution is -2.31. The lowest BCUT2D eigenvalue weighted by atomic mass is 9.99. The summed E-state index contributed by atoms with van der Waals surface area (Å²) >= 11 is 0. The number of benzene rings is 2. The molecule has 0 spiro atoms. The zero-order valence-electron chi connectivity index (χ0n) is 19.1. The van der Waals surface area contributed by atoms with Crippen LogP contribution in [0.5, 0.6) is 0 Å². The van der Waals surface area contributed by atoms with Crippen molar-refractivity contribution in [3.63, 3.8) is 0 Å². The third-order valence-electron chi connectivity index (χ3n) is 6.23. The van der Waals surface area contributed by atoms with Gasteiger partial charge in [-0.15, -0.1) is 0 Å². The molecule has 2 nitrogen and oxygen atoms in total. The smallest absolute Gasteiger partial charge is 0.106 e. The van der Waals surface area contributed by atoms with Crippen LogP contribution in [0.25, 0.3) is 11.1 Å². The summed E-state index contributed by atoms with van der Waals surface area (Å²) in [4.78, 5) is 0. The van der Waals surface area contributed by atoms with Gasteiger partial charge in [0.1, 0.15) is 6.10 Å². The minimum Gasteiger partial charge on any atom is -0.373 e. The maximum Gasteiger partial charge on any atom is 0.106 e. The van der Waals surface area contributed by atoms with E-state index in [0.29, 0.717) is 6.61 Å². The predicted octanol–water partition coefficient (Wildman–Crippen LogP) is 7.90. The van der Waals surface area contributed by atoms with E-state index in [1.807, 2.05) is 0 Å². The third kappa shape index (κ3) is 7.25. The van der Waals surface area contributed by atoms with Gasteiger partial charge < -0.3 is 9.47 Å². The summed E-state index contributed by atoms with van der Waals surface area (Å²) in [6.07, 6.45) is 13.1. The largest absolute Gasteiger partial charge is 0.373 e. The summed E-state index contributed by atoms with van der Waals surface area (Å²) in [5.41, 5.74) is 5.21. The Labute approximate surface area is 184 Å². The quantitative estimate of drug-likeness (QED) is 0.332. The zero-order chi connectivity index (χ0) is 21.0. The fourth-order valence-electron chi connectivity index (χ4n) is 4.21. The van der Waals surface area contributed by atoms with Gasteiger partial charge in [-0.1, -0.05) is 107 Å². The first kappa shape index (κ1) is 23.0. The van der Waals surface area contributed by atoms with Crippen molar-refractivity contribution in [1.82, 2.24) is 0 Å². The Bertz CT molecular complexity index is 696. The molecular weight excluding hydrogens is 368 g/mol. The number of ether oxygens (including phenoxy) is 2. The number of hydrogen-bond donors (Lipinski definition) is 0. The molecule has 0 bridgehead atoms. The predicted molar refractivity (Wildman–Crippen MR) is 127 cm³/mol. The van der Waals surface area contributed by atoms with Gasteiger partial charge in [0.15, 0.2) is 0 Å². The van der Waals surface area contributed by atoms with Gasteiger partial charge in [0.2, 0.25) is 0 Å². The van der Waals surface area contributed by atoms with Crippen LogP contribution in [0.4, 0.5) is 0 Å².